The van der Waals surface area contributed by atoms with E-state index in [4.69, 9.17) is 0 Å². The lowest BCUT2D eigenvalue weighted by Gasteiger charge is -2.41. The molecule has 0 aliphatic carbocycles. The van der Waals surface area contributed by atoms with Crippen molar-refractivity contribution < 1.29 is 0 Å². The molecule has 6 heteroatoms. The predicted octanol–water partition coefficient (Wildman–Crippen LogP) is 3.20. The van der Waals surface area contributed by atoms with Crippen LogP contribution in [0.25, 0.3) is 0 Å². The van der Waals surface area contributed by atoms with Gasteiger partial charge in [-0.3, -0.25) is 9.89 Å². The van der Waals surface area contributed by atoms with Gasteiger partial charge in [0.25, 0.3) is 0 Å². The van der Waals surface area contributed by atoms with Crippen molar-refractivity contribution in [3.8, 4) is 0 Å². The summed E-state index contributed by atoms with van der Waals surface area (Å²) in [4.78, 5) is 11.6. The van der Waals surface area contributed by atoms with Crippen LogP contribution in [0.2, 0.25) is 0 Å². The number of nitrogens with zero attached hydrogens (tertiary/aromatic N) is 3. The van der Waals surface area contributed by atoms with E-state index in [0.717, 1.165) is 24.1 Å². The summed E-state index contributed by atoms with van der Waals surface area (Å²) in [5, 5.41) is 10.1. The maximum Gasteiger partial charge on any atom is 0.191 e. The van der Waals surface area contributed by atoms with Crippen molar-refractivity contribution >= 4 is 17.3 Å². The number of aliphatic imine (C=N–C) groups is 1. The van der Waals surface area contributed by atoms with E-state index in [0.29, 0.717) is 5.92 Å². The van der Waals surface area contributed by atoms with E-state index in [1.165, 1.54) is 38.0 Å². The molecule has 0 spiro atoms. The van der Waals surface area contributed by atoms with E-state index in [1.54, 1.807) is 11.3 Å². The number of hydrogen-bond acceptors (Lipinski definition) is 4. The third kappa shape index (κ3) is 5.45. The van der Waals surface area contributed by atoms with E-state index in [1.807, 2.05) is 7.05 Å². The molecule has 2 heterocycles. The molecule has 5 nitrogen and oxygen atoms in total. The number of nitrogens with one attached hydrogen (secondary N) is 2. The van der Waals surface area contributed by atoms with Gasteiger partial charge in [0.05, 0.1) is 12.2 Å². The predicted molar refractivity (Wildman–Crippen MR) is 104 cm³/mol. The van der Waals surface area contributed by atoms with Gasteiger partial charge in [-0.2, -0.15) is 0 Å². The smallest absolute Gasteiger partial charge is 0.191 e. The molecule has 1 aromatic rings. The molecule has 0 saturated carbocycles. The Hall–Kier alpha value is -1.14. The number of hydrogen-bond donors (Lipinski definition) is 2. The third-order valence-electron chi connectivity index (χ3n) is 4.69. The maximum atomic E-state index is 4.66. The summed E-state index contributed by atoms with van der Waals surface area (Å²) in [5.74, 6) is 1.33. The molecule has 1 fully saturated rings. The Bertz CT molecular complexity index is 529. The first-order chi connectivity index (χ1) is 11.4. The maximum absolute atomic E-state index is 4.66. The van der Waals surface area contributed by atoms with Crippen LogP contribution in [0.5, 0.6) is 0 Å². The van der Waals surface area contributed by atoms with Crippen LogP contribution < -0.4 is 10.6 Å². The summed E-state index contributed by atoms with van der Waals surface area (Å²) in [7, 11) is 1.82. The van der Waals surface area contributed by atoms with Crippen LogP contribution in [0.3, 0.4) is 0 Å². The second kappa shape index (κ2) is 8.81. The van der Waals surface area contributed by atoms with Crippen LogP contribution in [0.4, 0.5) is 0 Å². The minimum absolute atomic E-state index is 0.143. The monoisotopic (exact) mass is 351 g/mol. The van der Waals surface area contributed by atoms with E-state index in [-0.39, 0.29) is 5.54 Å². The first-order valence-electron chi connectivity index (χ1n) is 9.06. The molecule has 1 aliphatic rings. The molecule has 0 unspecified atom stereocenters. The second-order valence-electron chi connectivity index (χ2n) is 7.46. The largest absolute Gasteiger partial charge is 0.355 e. The van der Waals surface area contributed by atoms with Crippen LogP contribution >= 0.6 is 11.3 Å². The van der Waals surface area contributed by atoms with Crippen molar-refractivity contribution in [2.75, 3.05) is 26.7 Å². The number of thiazole rings is 1. The minimum atomic E-state index is 0.143. The number of rotatable bonds is 6. The van der Waals surface area contributed by atoms with Crippen molar-refractivity contribution in [3.05, 3.63) is 16.1 Å². The molecular weight excluding hydrogens is 318 g/mol. The number of aromatic nitrogens is 1. The fraction of sp³-hybridized carbons (Fsp3) is 0.778. The van der Waals surface area contributed by atoms with E-state index < -0.39 is 0 Å². The summed E-state index contributed by atoms with van der Waals surface area (Å²) in [6.45, 7) is 13.0. The zero-order valence-electron chi connectivity index (χ0n) is 15.9. The highest BCUT2D eigenvalue weighted by molar-refractivity contribution is 7.09. The molecule has 2 N–H and O–H groups in total. The number of piperidine rings is 1. The lowest BCUT2D eigenvalue weighted by atomic mass is 9.98. The third-order valence-corrected chi connectivity index (χ3v) is 5.56. The summed E-state index contributed by atoms with van der Waals surface area (Å²) >= 11 is 1.71. The Labute approximate surface area is 151 Å². The molecule has 24 heavy (non-hydrogen) atoms. The highest BCUT2D eigenvalue weighted by Gasteiger charge is 2.27. The highest BCUT2D eigenvalue weighted by Crippen LogP contribution is 2.20. The van der Waals surface area contributed by atoms with Gasteiger partial charge in [-0.05, 0) is 45.7 Å². The Balaban J connectivity index is 1.81. The molecule has 1 aliphatic heterocycles. The van der Waals surface area contributed by atoms with E-state index in [2.05, 4.69) is 58.6 Å². The summed E-state index contributed by atoms with van der Waals surface area (Å²) in [6.07, 6.45) is 4.01. The number of likely N-dealkylation sites (tertiary alicyclic amines) is 1. The van der Waals surface area contributed by atoms with Crippen molar-refractivity contribution in [1.29, 1.82) is 0 Å². The van der Waals surface area contributed by atoms with Gasteiger partial charge in [0.1, 0.15) is 5.01 Å². The highest BCUT2D eigenvalue weighted by atomic mass is 32.1. The second-order valence-corrected chi connectivity index (χ2v) is 8.40. The van der Waals surface area contributed by atoms with Gasteiger partial charge in [0.2, 0.25) is 0 Å². The number of guanidine groups is 1. The first-order valence-corrected chi connectivity index (χ1v) is 9.94. The van der Waals surface area contributed by atoms with E-state index in [9.17, 15) is 0 Å². The van der Waals surface area contributed by atoms with Gasteiger partial charge in [-0.1, -0.05) is 20.3 Å². The molecule has 1 saturated heterocycles. The summed E-state index contributed by atoms with van der Waals surface area (Å²) in [6, 6.07) is 0. The van der Waals surface area contributed by atoms with Crippen LogP contribution in [0.15, 0.2) is 10.4 Å². The van der Waals surface area contributed by atoms with Crippen LogP contribution in [-0.4, -0.2) is 48.1 Å². The van der Waals surface area contributed by atoms with Crippen molar-refractivity contribution in [3.63, 3.8) is 0 Å². The lowest BCUT2D eigenvalue weighted by molar-refractivity contribution is 0.0982. The fourth-order valence-electron chi connectivity index (χ4n) is 2.96. The Morgan fingerprint density at radius 1 is 1.29 bits per heavy atom. The molecule has 0 radical (unpaired) electrons. The van der Waals surface area contributed by atoms with Crippen LogP contribution in [0, 0.1) is 0 Å². The molecule has 2 rings (SSSR count). The zero-order chi connectivity index (χ0) is 17.6. The molecule has 0 bridgehead atoms. The van der Waals surface area contributed by atoms with Crippen molar-refractivity contribution in [2.24, 2.45) is 4.99 Å². The summed E-state index contributed by atoms with van der Waals surface area (Å²) < 4.78 is 0. The molecule has 1 aromatic heterocycles. The molecular formula is C18H33N5S. The van der Waals surface area contributed by atoms with Crippen LogP contribution in [-0.2, 0) is 6.54 Å². The average Bonchev–Trinajstić information content (AvgIpc) is 3.05. The molecule has 136 valence electrons. The fourth-order valence-corrected chi connectivity index (χ4v) is 3.86. The van der Waals surface area contributed by atoms with Gasteiger partial charge in [-0.15, -0.1) is 11.3 Å². The zero-order valence-corrected chi connectivity index (χ0v) is 16.7. The quantitative estimate of drug-likeness (QED) is 0.610. The summed E-state index contributed by atoms with van der Waals surface area (Å²) in [5.41, 5.74) is 1.32. The van der Waals surface area contributed by atoms with Crippen LogP contribution in [0.1, 0.15) is 63.6 Å². The Morgan fingerprint density at radius 3 is 2.58 bits per heavy atom. The van der Waals surface area contributed by atoms with Gasteiger partial charge in [-0.25, -0.2) is 4.98 Å². The topological polar surface area (TPSA) is 52.6 Å². The Kier molecular flexibility index (Phi) is 7.04. The van der Waals surface area contributed by atoms with Gasteiger partial charge < -0.3 is 10.6 Å². The normalized spacial score (nSPS) is 17.3. The first kappa shape index (κ1) is 19.2. The Morgan fingerprint density at radius 2 is 2.00 bits per heavy atom. The standard InChI is InChI=1S/C18H33N5S/c1-14(2)15-12-24-16(22-15)11-20-17(19-5)21-13-18(3,4)23-9-7-6-8-10-23/h12,14H,6-11,13H2,1-5H3,(H2,19,20,21). The van der Waals surface area contributed by atoms with E-state index >= 15 is 0 Å². The molecule has 0 amide bonds. The average molecular weight is 352 g/mol. The lowest BCUT2D eigenvalue weighted by Crippen LogP contribution is -2.54. The van der Waals surface area contributed by atoms with Crippen molar-refractivity contribution in [1.82, 2.24) is 20.5 Å². The van der Waals surface area contributed by atoms with Gasteiger partial charge in [0.15, 0.2) is 5.96 Å². The SMILES string of the molecule is CN=C(NCc1nc(C(C)C)cs1)NCC(C)(C)N1CCCCC1. The molecule has 0 atom stereocenters. The van der Waals surface area contributed by atoms with Gasteiger partial charge in [0, 0.05) is 24.5 Å². The van der Waals surface area contributed by atoms with Crippen molar-refractivity contribution in [2.45, 2.75) is 65.0 Å². The van der Waals surface area contributed by atoms with Gasteiger partial charge >= 0.3 is 0 Å². The minimum Gasteiger partial charge on any atom is -0.355 e. The molecule has 0 aromatic carbocycles.